The normalized spacial score (nSPS) is 0.500. The van der Waals surface area contributed by atoms with E-state index in [2.05, 4.69) is 6.57 Å². The number of nitriles is 1. The van der Waals surface area contributed by atoms with Crippen molar-refractivity contribution in [2.75, 3.05) is 0 Å². The molecule has 0 rings (SSSR count). The van der Waals surface area contributed by atoms with E-state index >= 15 is 0 Å². The quantitative estimate of drug-likeness (QED) is 0.265. The van der Waals surface area contributed by atoms with Gasteiger partial charge in [-0.25, -0.2) is 5.26 Å². The van der Waals surface area contributed by atoms with Gasteiger partial charge in [0.2, 0.25) is 0 Å². The van der Waals surface area contributed by atoms with Crippen molar-refractivity contribution >= 4 is 8.41 Å². The molecule has 0 N–H and O–H groups in total. The smallest absolute Gasteiger partial charge is 1.00 e. The molecule has 0 saturated heterocycles. The molecule has 4 heavy (non-hydrogen) atoms. The molecule has 0 heterocycles. The zero-order valence-corrected chi connectivity index (χ0v) is 2.60. The Morgan fingerprint density at radius 1 is 1.50 bits per heavy atom. The maximum Gasteiger partial charge on any atom is 1.00 e. The molecule has 0 saturated carbocycles. The van der Waals surface area contributed by atoms with Gasteiger partial charge in [0.1, 0.15) is 0 Å². The van der Waals surface area contributed by atoms with Gasteiger partial charge in [0.25, 0.3) is 0 Å². The summed E-state index contributed by atoms with van der Waals surface area (Å²) >= 11 is 0. The van der Waals surface area contributed by atoms with E-state index in [0.29, 0.717) is 0 Å². The Morgan fingerprint density at radius 2 is 1.50 bits per heavy atom. The topological polar surface area (TPSA) is 23.8 Å². The van der Waals surface area contributed by atoms with E-state index in [1.54, 1.807) is 0 Å². The number of rotatable bonds is 0. The van der Waals surface area contributed by atoms with E-state index in [-0.39, 0.29) is 28.7 Å². The minimum atomic E-state index is 0. The molecule has 0 aromatic carbocycles. The first-order chi connectivity index (χ1) is 1.00. The van der Waals surface area contributed by atoms with Crippen molar-refractivity contribution < 1.29 is 20.3 Å². The summed E-state index contributed by atoms with van der Waals surface area (Å²) in [6, 6.07) is 0. The summed E-state index contributed by atoms with van der Waals surface area (Å²) in [5.74, 6) is 0. The van der Waals surface area contributed by atoms with Gasteiger partial charge in [-0.3, -0.25) is 0 Å². The summed E-state index contributed by atoms with van der Waals surface area (Å²) in [6.07, 6.45) is 0. The van der Waals surface area contributed by atoms with E-state index < -0.39 is 0 Å². The molecule has 0 aromatic rings. The van der Waals surface area contributed by atoms with Gasteiger partial charge in [0, 0.05) is 15.0 Å². The second kappa shape index (κ2) is 629. The Labute approximate surface area is 41.2 Å². The van der Waals surface area contributed by atoms with Crippen LogP contribution in [0.4, 0.5) is 0 Å². The van der Waals surface area contributed by atoms with Crippen molar-refractivity contribution in [2.45, 2.75) is 0 Å². The van der Waals surface area contributed by atoms with Crippen LogP contribution < -0.4 is 18.9 Å². The molecule has 0 aliphatic carbocycles. The summed E-state index contributed by atoms with van der Waals surface area (Å²) in [7, 11) is 0. The molecule has 0 bridgehead atoms. The molecular weight excluding hydrogens is 43.8 g/mol. The molecule has 15 valence electrons. The van der Waals surface area contributed by atoms with E-state index in [9.17, 15) is 0 Å². The van der Waals surface area contributed by atoms with Crippen LogP contribution in [-0.2, 0) is 0 Å². The van der Waals surface area contributed by atoms with Crippen LogP contribution in [-0.4, -0.2) is 8.41 Å². The van der Waals surface area contributed by atoms with Gasteiger partial charge < -0.3 is 1.43 Å². The fourth-order valence-corrected chi connectivity index (χ4v) is 0. The van der Waals surface area contributed by atoms with E-state index in [4.69, 9.17) is 5.26 Å². The van der Waals surface area contributed by atoms with Crippen molar-refractivity contribution in [3.63, 3.8) is 0 Å². The summed E-state index contributed by atoms with van der Waals surface area (Å²) in [4.78, 5) is 0. The summed E-state index contributed by atoms with van der Waals surface area (Å²) in [5.41, 5.74) is 0. The predicted octanol–water partition coefficient (Wildman–Crippen LogP) is -3.12. The monoisotopic (exact) mass is 46.0 g/mol. The first kappa shape index (κ1) is 31.1. The van der Waals surface area contributed by atoms with Crippen LogP contribution in [0.2, 0.25) is 0 Å². The zero-order valence-electron chi connectivity index (χ0n) is 3.60. The zero-order chi connectivity index (χ0) is 2.00. The number of nitrogens with zero attached hydrogens (tertiary/aromatic N) is 1. The fourth-order valence-electron chi connectivity index (χ4n) is 0. The third-order valence-electron chi connectivity index (χ3n) is 0. The Balaban J connectivity index is -0.00000000167. The van der Waals surface area contributed by atoms with Crippen molar-refractivity contribution in [2.24, 2.45) is 0 Å². The van der Waals surface area contributed by atoms with Crippen molar-refractivity contribution in [3.8, 4) is 6.57 Å². The fraction of sp³-hybridized carbons (Fsp3) is 0. The average Bonchev–Trinajstić information content (AvgIpc) is 1.00. The summed E-state index contributed by atoms with van der Waals surface area (Å²) in [5, 5.41) is 6.50. The van der Waals surface area contributed by atoms with Gasteiger partial charge in [0.15, 0.2) is 0 Å². The van der Waals surface area contributed by atoms with E-state index in [0.717, 1.165) is 0 Å². The Morgan fingerprint density at radius 3 is 1.50 bits per heavy atom. The SMILES string of the molecule is C#N.[B].[H-].[Li+]. The molecule has 0 atom stereocenters. The molecule has 3 heteroatoms. The Kier molecular flexibility index (Phi) is 4890. The summed E-state index contributed by atoms with van der Waals surface area (Å²) in [6.45, 7) is 3.50. The van der Waals surface area contributed by atoms with Crippen LogP contribution in [0.25, 0.3) is 0 Å². The van der Waals surface area contributed by atoms with Crippen LogP contribution in [0.5, 0.6) is 0 Å². The second-order valence-corrected chi connectivity index (χ2v) is 0. The Bertz CT molecular complexity index is 16.4. The van der Waals surface area contributed by atoms with Crippen LogP contribution in [0.15, 0.2) is 0 Å². The maximum absolute atomic E-state index is 6.50. The van der Waals surface area contributed by atoms with Crippen molar-refractivity contribution in [3.05, 3.63) is 0 Å². The Hall–Kier alpha value is 0.152. The van der Waals surface area contributed by atoms with Gasteiger partial charge in [0.05, 0.1) is 0 Å². The number of hydrogen-bond donors (Lipinski definition) is 0. The first-order valence-corrected chi connectivity index (χ1v) is 0.258. The number of hydrogen-bond acceptors (Lipinski definition) is 1. The minimum Gasteiger partial charge on any atom is -1.00 e. The minimum absolute atomic E-state index is 0. The summed E-state index contributed by atoms with van der Waals surface area (Å²) < 4.78 is 0. The molecule has 1 nitrogen and oxygen atoms in total. The molecular formula is CH2BLiN. The average molecular weight is 45.8 g/mol. The van der Waals surface area contributed by atoms with Crippen LogP contribution in [0.1, 0.15) is 1.43 Å². The molecule has 3 radical (unpaired) electrons. The molecule has 0 unspecified atom stereocenters. The van der Waals surface area contributed by atoms with Crippen LogP contribution >= 0.6 is 0 Å². The molecule has 0 aliphatic rings. The first-order valence-electron chi connectivity index (χ1n) is 0.258. The van der Waals surface area contributed by atoms with Gasteiger partial charge in [-0.1, -0.05) is 0 Å². The van der Waals surface area contributed by atoms with Gasteiger partial charge >= 0.3 is 18.9 Å². The third kappa shape index (κ3) is 123. The van der Waals surface area contributed by atoms with Gasteiger partial charge in [-0.2, -0.15) is 0 Å². The third-order valence-corrected chi connectivity index (χ3v) is 0. The molecule has 0 aliphatic heterocycles. The van der Waals surface area contributed by atoms with Crippen LogP contribution in [0, 0.1) is 11.8 Å². The predicted molar refractivity (Wildman–Crippen MR) is 13.5 cm³/mol. The van der Waals surface area contributed by atoms with Crippen LogP contribution in [0.3, 0.4) is 0 Å². The maximum atomic E-state index is 6.50. The second-order valence-electron chi connectivity index (χ2n) is 0. The standard InChI is InChI=1S/CHN.B.Li.H/c1-2;;;/h1H;;;/q;;+1;-1. The van der Waals surface area contributed by atoms with Gasteiger partial charge in [-0.05, 0) is 0 Å². The van der Waals surface area contributed by atoms with Crippen molar-refractivity contribution in [1.82, 2.24) is 0 Å². The molecule has 0 amide bonds. The van der Waals surface area contributed by atoms with E-state index in [1.807, 2.05) is 0 Å². The van der Waals surface area contributed by atoms with Gasteiger partial charge in [-0.15, -0.1) is 0 Å². The molecule has 0 spiro atoms. The molecule has 0 fully saturated rings. The molecule has 0 aromatic heterocycles. The largest absolute Gasteiger partial charge is 1.00 e. The van der Waals surface area contributed by atoms with E-state index in [1.165, 1.54) is 0 Å². The van der Waals surface area contributed by atoms with Crippen molar-refractivity contribution in [1.29, 1.82) is 5.26 Å².